The summed E-state index contributed by atoms with van der Waals surface area (Å²) in [7, 11) is -3.67. The molecule has 1 saturated heterocycles. The molecule has 31 heavy (non-hydrogen) atoms. The molecule has 10 nitrogen and oxygen atoms in total. The highest BCUT2D eigenvalue weighted by molar-refractivity contribution is 7.85. The molecule has 1 fully saturated rings. The topological polar surface area (TPSA) is 156 Å². The van der Waals surface area contributed by atoms with Crippen molar-refractivity contribution in [3.8, 4) is 0 Å². The maximum Gasteiger partial charge on any atom is 0.341 e. The fourth-order valence-corrected chi connectivity index (χ4v) is 3.26. The summed E-state index contributed by atoms with van der Waals surface area (Å²) in [6.07, 6.45) is 1.99. The lowest BCUT2D eigenvalue weighted by Gasteiger charge is -2.26. The summed E-state index contributed by atoms with van der Waals surface area (Å²) in [6, 6.07) is 1.01. The Bertz CT molecular complexity index is 1150. The van der Waals surface area contributed by atoms with Crippen LogP contribution in [0.15, 0.2) is 17.1 Å². The molecule has 2 atom stereocenters. The van der Waals surface area contributed by atoms with E-state index in [2.05, 4.69) is 4.98 Å². The predicted octanol–water partition coefficient (Wildman–Crippen LogP) is 1.28. The minimum atomic E-state index is -3.67. The molecule has 0 amide bonds. The molecule has 0 aliphatic carbocycles. The number of carboxylic acid groups (broad SMARTS) is 1. The van der Waals surface area contributed by atoms with Gasteiger partial charge in [0.25, 0.3) is 10.1 Å². The molecule has 12 heteroatoms. The highest BCUT2D eigenvalue weighted by Gasteiger charge is 2.30. The Morgan fingerprint density at radius 1 is 1.32 bits per heavy atom. The second-order valence-electron chi connectivity index (χ2n) is 8.66. The molecule has 0 spiro atoms. The second-order valence-corrected chi connectivity index (χ2v) is 10.1. The zero-order valence-electron chi connectivity index (χ0n) is 18.0. The first-order chi connectivity index (χ1) is 14.0. The van der Waals surface area contributed by atoms with Crippen LogP contribution in [0.2, 0.25) is 0 Å². The van der Waals surface area contributed by atoms with Gasteiger partial charge in [-0.2, -0.15) is 8.42 Å². The van der Waals surface area contributed by atoms with Crippen molar-refractivity contribution >= 4 is 32.9 Å². The largest absolute Gasteiger partial charge is 0.477 e. The van der Waals surface area contributed by atoms with Crippen LogP contribution in [0.25, 0.3) is 11.0 Å². The van der Waals surface area contributed by atoms with Crippen LogP contribution in [0, 0.1) is 11.7 Å². The van der Waals surface area contributed by atoms with Crippen LogP contribution in [0.1, 0.15) is 38.1 Å². The number of hydrogen-bond donors (Lipinski definition) is 3. The number of fused-ring (bicyclic) bond motifs is 1. The maximum atomic E-state index is 14.7. The van der Waals surface area contributed by atoms with Crippen molar-refractivity contribution < 1.29 is 27.3 Å². The van der Waals surface area contributed by atoms with E-state index in [1.807, 2.05) is 27.7 Å². The molecule has 0 bridgehead atoms. The van der Waals surface area contributed by atoms with Crippen molar-refractivity contribution in [2.45, 2.75) is 39.3 Å². The van der Waals surface area contributed by atoms with Crippen molar-refractivity contribution in [3.05, 3.63) is 33.9 Å². The fourth-order valence-electron chi connectivity index (χ4n) is 3.26. The summed E-state index contributed by atoms with van der Waals surface area (Å²) in [4.78, 5) is 30.1. The van der Waals surface area contributed by atoms with E-state index >= 15 is 0 Å². The van der Waals surface area contributed by atoms with Gasteiger partial charge >= 0.3 is 5.97 Å². The number of halogens is 1. The molecular formula is C19H27FN4O6S. The van der Waals surface area contributed by atoms with E-state index in [0.717, 1.165) is 6.07 Å². The minimum Gasteiger partial charge on any atom is -0.477 e. The smallest absolute Gasteiger partial charge is 0.341 e. The van der Waals surface area contributed by atoms with Crippen LogP contribution in [0.3, 0.4) is 0 Å². The molecule has 0 aromatic carbocycles. The number of aromatic nitrogens is 2. The molecule has 4 N–H and O–H groups in total. The first-order valence-electron chi connectivity index (χ1n) is 9.43. The SMILES string of the molecule is CS(=O)(=O)O.C[C@@H]1CN(c2nc3c(cc2F)c(=O)c(C(=O)O)cn3C(C)(C)C)C[C@@H]1N. The molecule has 2 aromatic rings. The van der Waals surface area contributed by atoms with Gasteiger partial charge in [0.1, 0.15) is 11.2 Å². The van der Waals surface area contributed by atoms with Crippen LogP contribution >= 0.6 is 0 Å². The lowest BCUT2D eigenvalue weighted by atomic mass is 10.1. The third-order valence-corrected chi connectivity index (χ3v) is 4.84. The summed E-state index contributed by atoms with van der Waals surface area (Å²) >= 11 is 0. The first kappa shape index (κ1) is 24.7. The zero-order valence-corrected chi connectivity index (χ0v) is 18.8. The lowest BCUT2D eigenvalue weighted by Crippen LogP contribution is -2.31. The molecule has 3 heterocycles. The molecule has 1 aliphatic rings. The van der Waals surface area contributed by atoms with Gasteiger partial charge < -0.3 is 20.3 Å². The van der Waals surface area contributed by atoms with Gasteiger partial charge in [0.05, 0.1) is 11.6 Å². The highest BCUT2D eigenvalue weighted by atomic mass is 32.2. The summed E-state index contributed by atoms with van der Waals surface area (Å²) in [5, 5.41) is 9.28. The number of aromatic carboxylic acids is 1. The quantitative estimate of drug-likeness (QED) is 0.564. The number of rotatable bonds is 2. The van der Waals surface area contributed by atoms with Gasteiger partial charge in [-0.25, -0.2) is 14.2 Å². The Labute approximate surface area is 179 Å². The summed E-state index contributed by atoms with van der Waals surface area (Å²) in [5.41, 5.74) is 4.60. The predicted molar refractivity (Wildman–Crippen MR) is 115 cm³/mol. The first-order valence-corrected chi connectivity index (χ1v) is 11.3. The third-order valence-electron chi connectivity index (χ3n) is 4.84. The van der Waals surface area contributed by atoms with Gasteiger partial charge in [0.2, 0.25) is 5.43 Å². The minimum absolute atomic E-state index is 0.0439. The van der Waals surface area contributed by atoms with Gasteiger partial charge in [-0.15, -0.1) is 0 Å². The normalized spacial score (nSPS) is 19.3. The second kappa shape index (κ2) is 8.52. The van der Waals surface area contributed by atoms with Gasteiger partial charge in [-0.3, -0.25) is 9.35 Å². The number of nitrogens with two attached hydrogens (primary N) is 1. The molecular weight excluding hydrogens is 431 g/mol. The van der Waals surface area contributed by atoms with E-state index in [4.69, 9.17) is 10.3 Å². The molecule has 2 aromatic heterocycles. The summed E-state index contributed by atoms with van der Waals surface area (Å²) in [5.74, 6) is -1.67. The van der Waals surface area contributed by atoms with Gasteiger partial charge in [-0.05, 0) is 32.8 Å². The monoisotopic (exact) mass is 458 g/mol. The average molecular weight is 459 g/mol. The molecule has 0 radical (unpaired) electrons. The van der Waals surface area contributed by atoms with Crippen LogP contribution in [-0.4, -0.2) is 59.0 Å². The standard InChI is InChI=1S/C18H23FN4O3.CH4O3S/c1-9-6-22(8-13(9)20)16-12(19)5-10-14(24)11(17(25)26)7-23(15(10)21-16)18(2,3)4;1-5(2,3)4/h5,7,9,13H,6,8,20H2,1-4H3,(H,25,26);1H3,(H,2,3,4)/t9-,13+;/m1./s1. The Hall–Kier alpha value is -2.57. The molecule has 172 valence electrons. The molecule has 1 aliphatic heterocycles. The van der Waals surface area contributed by atoms with Crippen molar-refractivity contribution in [3.63, 3.8) is 0 Å². The molecule has 3 rings (SSSR count). The Morgan fingerprint density at radius 2 is 1.87 bits per heavy atom. The lowest BCUT2D eigenvalue weighted by molar-refractivity contribution is 0.0694. The van der Waals surface area contributed by atoms with Crippen LogP contribution in [0.5, 0.6) is 0 Å². The fraction of sp³-hybridized carbons (Fsp3) is 0.526. The van der Waals surface area contributed by atoms with Crippen LogP contribution < -0.4 is 16.1 Å². The van der Waals surface area contributed by atoms with Gasteiger partial charge in [0.15, 0.2) is 11.6 Å². The van der Waals surface area contributed by atoms with E-state index in [1.54, 1.807) is 9.47 Å². The molecule has 0 saturated carbocycles. The summed E-state index contributed by atoms with van der Waals surface area (Å²) < 4.78 is 42.2. The Kier molecular flexibility index (Phi) is 6.79. The van der Waals surface area contributed by atoms with E-state index in [-0.39, 0.29) is 28.8 Å². The number of pyridine rings is 2. The Morgan fingerprint density at radius 3 is 2.29 bits per heavy atom. The third kappa shape index (κ3) is 5.77. The zero-order chi connectivity index (χ0) is 23.9. The van der Waals surface area contributed by atoms with Crippen molar-refractivity contribution in [1.82, 2.24) is 9.55 Å². The van der Waals surface area contributed by atoms with E-state index < -0.39 is 38.4 Å². The van der Waals surface area contributed by atoms with Gasteiger partial charge in [-0.1, -0.05) is 6.92 Å². The van der Waals surface area contributed by atoms with Crippen LogP contribution in [0.4, 0.5) is 10.2 Å². The number of nitrogens with zero attached hydrogens (tertiary/aromatic N) is 3. The van der Waals surface area contributed by atoms with Crippen molar-refractivity contribution in [2.24, 2.45) is 11.7 Å². The highest BCUT2D eigenvalue weighted by Crippen LogP contribution is 2.28. The number of hydrogen-bond acceptors (Lipinski definition) is 7. The van der Waals surface area contributed by atoms with Crippen LogP contribution in [-0.2, 0) is 15.7 Å². The van der Waals surface area contributed by atoms with Crippen molar-refractivity contribution in [2.75, 3.05) is 24.2 Å². The summed E-state index contributed by atoms with van der Waals surface area (Å²) in [6.45, 7) is 8.63. The van der Waals surface area contributed by atoms with E-state index in [9.17, 15) is 27.5 Å². The Balaban J connectivity index is 0.000000614. The van der Waals surface area contributed by atoms with E-state index in [0.29, 0.717) is 19.3 Å². The number of carbonyl (C=O) groups is 1. The van der Waals surface area contributed by atoms with E-state index in [1.165, 1.54) is 6.20 Å². The van der Waals surface area contributed by atoms with Crippen molar-refractivity contribution in [1.29, 1.82) is 0 Å². The number of carboxylic acids is 1. The van der Waals surface area contributed by atoms with Gasteiger partial charge in [0, 0.05) is 30.9 Å². The molecule has 0 unspecified atom stereocenters. The maximum absolute atomic E-state index is 14.7. The number of anilines is 1. The average Bonchev–Trinajstić information content (AvgIpc) is 2.91.